The summed E-state index contributed by atoms with van der Waals surface area (Å²) >= 11 is 0. The van der Waals surface area contributed by atoms with Crippen LogP contribution in [0.1, 0.15) is 0 Å². The van der Waals surface area contributed by atoms with Crippen molar-refractivity contribution in [1.29, 1.82) is 0 Å². The second kappa shape index (κ2) is 4.60. The van der Waals surface area contributed by atoms with Gasteiger partial charge in [0.1, 0.15) is 5.82 Å². The number of carbonyl (C=O) groups is 1. The van der Waals surface area contributed by atoms with Gasteiger partial charge in [0.25, 0.3) is 5.89 Å². The van der Waals surface area contributed by atoms with Crippen LogP contribution in [0.25, 0.3) is 11.5 Å². The zero-order chi connectivity index (χ0) is 12.3. The predicted octanol–water partition coefficient (Wildman–Crippen LogP) is 2.02. The molecule has 0 aliphatic rings. The second-order valence-corrected chi connectivity index (χ2v) is 2.92. The van der Waals surface area contributed by atoms with Gasteiger partial charge in [0.05, 0.1) is 12.7 Å². The Labute approximate surface area is 95.0 Å². The Hall–Kier alpha value is -2.44. The molecule has 88 valence electrons. The number of hydrogen-bond donors (Lipinski definition) is 0. The van der Waals surface area contributed by atoms with Crippen LogP contribution in [0, 0.1) is 5.82 Å². The first-order valence-electron chi connectivity index (χ1n) is 4.55. The van der Waals surface area contributed by atoms with Crippen molar-refractivity contribution in [2.45, 2.75) is 0 Å². The fourth-order valence-corrected chi connectivity index (χ4v) is 1.11. The van der Waals surface area contributed by atoms with Crippen LogP contribution in [0.5, 0.6) is 6.01 Å². The van der Waals surface area contributed by atoms with Crippen molar-refractivity contribution >= 4 is 6.16 Å². The van der Waals surface area contributed by atoms with E-state index >= 15 is 0 Å². The molecule has 0 amide bonds. The molecule has 17 heavy (non-hydrogen) atoms. The van der Waals surface area contributed by atoms with E-state index in [0.717, 1.165) is 7.11 Å². The Morgan fingerprint density at radius 1 is 1.41 bits per heavy atom. The van der Waals surface area contributed by atoms with E-state index in [2.05, 4.69) is 19.6 Å². The molecule has 0 saturated heterocycles. The standard InChI is InChI=1S/C10H7FN2O4/c1-15-10(14)16-9-12-8(17-13-9)6-4-2-3-5-7(6)11/h2-5H,1H3. The van der Waals surface area contributed by atoms with E-state index in [1.54, 1.807) is 6.07 Å². The zero-order valence-corrected chi connectivity index (χ0v) is 8.71. The molecule has 0 atom stereocenters. The summed E-state index contributed by atoms with van der Waals surface area (Å²) in [6, 6.07) is 5.52. The number of hydrogen-bond acceptors (Lipinski definition) is 6. The van der Waals surface area contributed by atoms with Crippen LogP contribution < -0.4 is 4.74 Å². The van der Waals surface area contributed by atoms with Gasteiger partial charge in [-0.3, -0.25) is 0 Å². The van der Waals surface area contributed by atoms with E-state index in [1.165, 1.54) is 18.2 Å². The molecule has 0 radical (unpaired) electrons. The molecule has 6 nitrogen and oxygen atoms in total. The molecule has 0 unspecified atom stereocenters. The summed E-state index contributed by atoms with van der Waals surface area (Å²) in [7, 11) is 1.14. The van der Waals surface area contributed by atoms with Crippen LogP contribution in [-0.4, -0.2) is 23.4 Å². The molecule has 2 rings (SSSR count). The minimum absolute atomic E-state index is 0.0815. The van der Waals surface area contributed by atoms with Gasteiger partial charge in [0, 0.05) is 0 Å². The van der Waals surface area contributed by atoms with Crippen molar-refractivity contribution in [1.82, 2.24) is 10.1 Å². The van der Waals surface area contributed by atoms with E-state index in [-0.39, 0.29) is 17.5 Å². The lowest BCUT2D eigenvalue weighted by atomic mass is 10.2. The minimum Gasteiger partial charge on any atom is -0.437 e. The number of rotatable bonds is 2. The quantitative estimate of drug-likeness (QED) is 0.745. The maximum Gasteiger partial charge on any atom is 0.516 e. The van der Waals surface area contributed by atoms with E-state index in [4.69, 9.17) is 4.52 Å². The molecule has 0 N–H and O–H groups in total. The fraction of sp³-hybridized carbons (Fsp3) is 0.100. The van der Waals surface area contributed by atoms with Gasteiger partial charge >= 0.3 is 12.2 Å². The number of aromatic nitrogens is 2. The largest absolute Gasteiger partial charge is 0.516 e. The summed E-state index contributed by atoms with van der Waals surface area (Å²) in [5.41, 5.74) is 0.125. The molecule has 0 fully saturated rings. The number of nitrogens with zero attached hydrogens (tertiary/aromatic N) is 2. The molecular weight excluding hydrogens is 231 g/mol. The van der Waals surface area contributed by atoms with Gasteiger partial charge in [-0.2, -0.15) is 4.98 Å². The van der Waals surface area contributed by atoms with Gasteiger partial charge in [0.15, 0.2) is 0 Å². The van der Waals surface area contributed by atoms with Gasteiger partial charge < -0.3 is 14.0 Å². The van der Waals surface area contributed by atoms with Crippen molar-refractivity contribution in [3.8, 4) is 17.5 Å². The van der Waals surface area contributed by atoms with Crippen LogP contribution in [-0.2, 0) is 4.74 Å². The lowest BCUT2D eigenvalue weighted by Gasteiger charge is -1.95. The highest BCUT2D eigenvalue weighted by Gasteiger charge is 2.15. The SMILES string of the molecule is COC(=O)Oc1noc(-c2ccccc2F)n1. The van der Waals surface area contributed by atoms with Crippen LogP contribution in [0.3, 0.4) is 0 Å². The van der Waals surface area contributed by atoms with E-state index in [0.29, 0.717) is 0 Å². The molecular formula is C10H7FN2O4. The zero-order valence-electron chi connectivity index (χ0n) is 8.71. The van der Waals surface area contributed by atoms with E-state index in [1.807, 2.05) is 0 Å². The van der Waals surface area contributed by atoms with Crippen molar-refractivity contribution in [2.24, 2.45) is 0 Å². The molecule has 0 aliphatic heterocycles. The van der Waals surface area contributed by atoms with Crippen molar-refractivity contribution in [3.05, 3.63) is 30.1 Å². The lowest BCUT2D eigenvalue weighted by molar-refractivity contribution is 0.116. The van der Waals surface area contributed by atoms with Crippen molar-refractivity contribution in [2.75, 3.05) is 7.11 Å². The summed E-state index contributed by atoms with van der Waals surface area (Å²) in [5.74, 6) is -0.595. The maximum atomic E-state index is 13.4. The number of halogens is 1. The van der Waals surface area contributed by atoms with Crippen LogP contribution in [0.15, 0.2) is 28.8 Å². The van der Waals surface area contributed by atoms with Gasteiger partial charge in [-0.25, -0.2) is 9.18 Å². The Morgan fingerprint density at radius 2 is 2.18 bits per heavy atom. The molecule has 0 spiro atoms. The molecule has 1 aromatic heterocycles. The third-order valence-corrected chi connectivity index (χ3v) is 1.85. The van der Waals surface area contributed by atoms with Gasteiger partial charge in [0.2, 0.25) is 0 Å². The number of carbonyl (C=O) groups excluding carboxylic acids is 1. The third-order valence-electron chi connectivity index (χ3n) is 1.85. The van der Waals surface area contributed by atoms with Gasteiger partial charge in [-0.05, 0) is 17.3 Å². The smallest absolute Gasteiger partial charge is 0.437 e. The summed E-state index contributed by atoms with van der Waals surface area (Å²) in [6.45, 7) is 0. The first kappa shape index (κ1) is 11.1. The van der Waals surface area contributed by atoms with Crippen molar-refractivity contribution in [3.63, 3.8) is 0 Å². The Bertz CT molecular complexity index is 541. The average molecular weight is 238 g/mol. The molecule has 0 bridgehead atoms. The third kappa shape index (κ3) is 2.39. The number of methoxy groups -OCH3 is 1. The molecule has 0 saturated carbocycles. The van der Waals surface area contributed by atoms with E-state index < -0.39 is 12.0 Å². The molecule has 1 heterocycles. The Kier molecular flexibility index (Phi) is 2.99. The predicted molar refractivity (Wildman–Crippen MR) is 52.7 cm³/mol. The molecule has 2 aromatic rings. The molecule has 7 heteroatoms. The lowest BCUT2D eigenvalue weighted by Crippen LogP contribution is -2.08. The van der Waals surface area contributed by atoms with Crippen LogP contribution in [0.2, 0.25) is 0 Å². The normalized spacial score (nSPS) is 10.0. The molecule has 0 aliphatic carbocycles. The average Bonchev–Trinajstić information content (AvgIpc) is 2.78. The topological polar surface area (TPSA) is 74.5 Å². The Balaban J connectivity index is 2.24. The monoisotopic (exact) mass is 238 g/mol. The van der Waals surface area contributed by atoms with Gasteiger partial charge in [-0.1, -0.05) is 12.1 Å². The van der Waals surface area contributed by atoms with Crippen molar-refractivity contribution < 1.29 is 23.2 Å². The highest BCUT2D eigenvalue weighted by atomic mass is 19.1. The highest BCUT2D eigenvalue weighted by molar-refractivity contribution is 5.62. The summed E-state index contributed by atoms with van der Waals surface area (Å²) in [5, 5.41) is 3.35. The number of ether oxygens (including phenoxy) is 2. The number of benzene rings is 1. The Morgan fingerprint density at radius 3 is 2.88 bits per heavy atom. The maximum absolute atomic E-state index is 13.4. The van der Waals surface area contributed by atoms with Crippen LogP contribution in [0.4, 0.5) is 9.18 Å². The first-order chi connectivity index (χ1) is 8.20. The first-order valence-corrected chi connectivity index (χ1v) is 4.55. The van der Waals surface area contributed by atoms with Gasteiger partial charge in [-0.15, -0.1) is 0 Å². The summed E-state index contributed by atoms with van der Waals surface area (Å²) in [4.78, 5) is 14.4. The van der Waals surface area contributed by atoms with E-state index in [9.17, 15) is 9.18 Å². The molecule has 1 aromatic carbocycles. The fourth-order valence-electron chi connectivity index (χ4n) is 1.11. The summed E-state index contributed by atoms with van der Waals surface area (Å²) < 4.78 is 26.8. The second-order valence-electron chi connectivity index (χ2n) is 2.92. The minimum atomic E-state index is -0.981. The van der Waals surface area contributed by atoms with Crippen LogP contribution >= 0.6 is 0 Å². The summed E-state index contributed by atoms with van der Waals surface area (Å²) in [6.07, 6.45) is -0.981. The highest BCUT2D eigenvalue weighted by Crippen LogP contribution is 2.22.